The van der Waals surface area contributed by atoms with Gasteiger partial charge in [-0.25, -0.2) is 0 Å². The molecule has 0 atom stereocenters. The highest BCUT2D eigenvalue weighted by atomic mass is 16.5. The highest BCUT2D eigenvalue weighted by molar-refractivity contribution is 5.90. The maximum Gasteiger partial charge on any atom is 0.227 e. The number of nitrogens with zero attached hydrogens (tertiary/aromatic N) is 2. The predicted molar refractivity (Wildman–Crippen MR) is 83.7 cm³/mol. The Bertz CT molecular complexity index is 590. The van der Waals surface area contributed by atoms with E-state index in [0.29, 0.717) is 24.5 Å². The first kappa shape index (κ1) is 14.9. The number of aromatic nitrogens is 1. The minimum atomic E-state index is -0.0966. The first-order valence-electron chi connectivity index (χ1n) is 6.79. The lowest BCUT2D eigenvalue weighted by molar-refractivity contribution is -0.116. The number of nitrogens with one attached hydrogen (secondary N) is 2. The first-order valence-corrected chi connectivity index (χ1v) is 6.79. The predicted octanol–water partition coefficient (Wildman–Crippen LogP) is 2.49. The van der Waals surface area contributed by atoms with Crippen molar-refractivity contribution in [1.82, 2.24) is 5.16 Å². The quantitative estimate of drug-likeness (QED) is 0.854. The van der Waals surface area contributed by atoms with E-state index in [1.807, 2.05) is 43.3 Å². The van der Waals surface area contributed by atoms with Crippen molar-refractivity contribution in [2.24, 2.45) is 0 Å². The molecule has 0 saturated heterocycles. The van der Waals surface area contributed by atoms with Crippen molar-refractivity contribution in [1.29, 1.82) is 0 Å². The molecule has 2 aromatic rings. The molecule has 0 aliphatic carbocycles. The number of rotatable bonds is 6. The molecule has 1 aromatic carbocycles. The number of hydrogen-bond donors (Lipinski definition) is 2. The fourth-order valence-electron chi connectivity index (χ4n) is 1.83. The summed E-state index contributed by atoms with van der Waals surface area (Å²) in [5.41, 5.74) is 2.13. The topological polar surface area (TPSA) is 70.4 Å². The third kappa shape index (κ3) is 4.52. The summed E-state index contributed by atoms with van der Waals surface area (Å²) in [6.45, 7) is 2.34. The van der Waals surface area contributed by atoms with Crippen molar-refractivity contribution < 1.29 is 9.32 Å². The van der Waals surface area contributed by atoms with Crippen LogP contribution < -0.4 is 15.5 Å². The number of amides is 1. The van der Waals surface area contributed by atoms with Crippen molar-refractivity contribution in [2.75, 3.05) is 36.2 Å². The van der Waals surface area contributed by atoms with E-state index in [9.17, 15) is 4.79 Å². The maximum absolute atomic E-state index is 11.7. The average Bonchev–Trinajstić information content (AvgIpc) is 2.84. The van der Waals surface area contributed by atoms with E-state index in [1.165, 1.54) is 0 Å². The number of carbonyl (C=O) groups is 1. The standard InChI is InChI=1S/C15H20N4O2/c1-11-10-14(18-21-11)17-15(20)8-9-16-12-4-6-13(7-5-12)19(2)3/h4-7,10,16H,8-9H2,1-3H3,(H,17,18,20). The Balaban J connectivity index is 1.74. The van der Waals surface area contributed by atoms with Gasteiger partial charge >= 0.3 is 0 Å². The summed E-state index contributed by atoms with van der Waals surface area (Å²) in [6.07, 6.45) is 0.362. The van der Waals surface area contributed by atoms with Crippen LogP contribution in [0.5, 0.6) is 0 Å². The summed E-state index contributed by atoms with van der Waals surface area (Å²) in [4.78, 5) is 13.8. The lowest BCUT2D eigenvalue weighted by Gasteiger charge is -2.13. The van der Waals surface area contributed by atoms with Crippen molar-refractivity contribution in [3.05, 3.63) is 36.1 Å². The lowest BCUT2D eigenvalue weighted by atomic mass is 10.2. The van der Waals surface area contributed by atoms with Crippen molar-refractivity contribution in [3.63, 3.8) is 0 Å². The highest BCUT2D eigenvalue weighted by Crippen LogP contribution is 2.15. The van der Waals surface area contributed by atoms with E-state index >= 15 is 0 Å². The molecule has 21 heavy (non-hydrogen) atoms. The third-order valence-corrected chi connectivity index (χ3v) is 2.96. The number of benzene rings is 1. The molecule has 1 amide bonds. The molecule has 0 aliphatic rings. The van der Waals surface area contributed by atoms with Crippen LogP contribution in [0.25, 0.3) is 0 Å². The highest BCUT2D eigenvalue weighted by Gasteiger charge is 2.05. The summed E-state index contributed by atoms with van der Waals surface area (Å²) in [5, 5.41) is 9.61. The molecular formula is C15H20N4O2. The Kier molecular flexibility index (Phi) is 4.81. The zero-order chi connectivity index (χ0) is 15.2. The summed E-state index contributed by atoms with van der Waals surface area (Å²) < 4.78 is 4.89. The third-order valence-electron chi connectivity index (χ3n) is 2.96. The van der Waals surface area contributed by atoms with Gasteiger partial charge in [0.1, 0.15) is 5.76 Å². The van der Waals surface area contributed by atoms with Gasteiger partial charge in [0.05, 0.1) is 0 Å². The van der Waals surface area contributed by atoms with Crippen LogP contribution >= 0.6 is 0 Å². The van der Waals surface area contributed by atoms with Crippen molar-refractivity contribution in [3.8, 4) is 0 Å². The molecule has 0 radical (unpaired) electrons. The normalized spacial score (nSPS) is 10.2. The fourth-order valence-corrected chi connectivity index (χ4v) is 1.83. The van der Waals surface area contributed by atoms with Gasteiger partial charge in [-0.15, -0.1) is 0 Å². The van der Waals surface area contributed by atoms with E-state index in [0.717, 1.165) is 11.4 Å². The molecule has 112 valence electrons. The maximum atomic E-state index is 11.7. The van der Waals surface area contributed by atoms with Gasteiger partial charge in [-0.1, -0.05) is 5.16 Å². The van der Waals surface area contributed by atoms with E-state index < -0.39 is 0 Å². The van der Waals surface area contributed by atoms with Crippen LogP contribution in [0.2, 0.25) is 0 Å². The van der Waals surface area contributed by atoms with Gasteiger partial charge in [0.2, 0.25) is 5.91 Å². The molecule has 0 fully saturated rings. The second kappa shape index (κ2) is 6.78. The molecule has 1 heterocycles. The van der Waals surface area contributed by atoms with Crippen LogP contribution in [0, 0.1) is 6.92 Å². The Morgan fingerprint density at radius 3 is 2.57 bits per heavy atom. The van der Waals surface area contributed by atoms with Gasteiger partial charge in [-0.05, 0) is 31.2 Å². The Morgan fingerprint density at radius 1 is 1.29 bits per heavy atom. The Labute approximate surface area is 124 Å². The SMILES string of the molecule is Cc1cc(NC(=O)CCNc2ccc(N(C)C)cc2)no1. The van der Waals surface area contributed by atoms with Gasteiger partial charge < -0.3 is 20.1 Å². The number of carbonyl (C=O) groups excluding carboxylic acids is 1. The molecule has 2 N–H and O–H groups in total. The van der Waals surface area contributed by atoms with Crippen LogP contribution in [0.4, 0.5) is 17.2 Å². The van der Waals surface area contributed by atoms with Crippen LogP contribution in [0.1, 0.15) is 12.2 Å². The summed E-state index contributed by atoms with van der Waals surface area (Å²) in [5.74, 6) is 1.03. The zero-order valence-corrected chi connectivity index (χ0v) is 12.5. The zero-order valence-electron chi connectivity index (χ0n) is 12.5. The van der Waals surface area contributed by atoms with Crippen LogP contribution in [0.15, 0.2) is 34.9 Å². The average molecular weight is 288 g/mol. The van der Waals surface area contributed by atoms with Crippen molar-refractivity contribution >= 4 is 23.1 Å². The van der Waals surface area contributed by atoms with E-state index in [-0.39, 0.29) is 5.91 Å². The van der Waals surface area contributed by atoms with E-state index in [4.69, 9.17) is 4.52 Å². The second-order valence-corrected chi connectivity index (χ2v) is 4.99. The second-order valence-electron chi connectivity index (χ2n) is 4.99. The van der Waals surface area contributed by atoms with Gasteiger partial charge in [0, 0.05) is 44.5 Å². The fraction of sp³-hybridized carbons (Fsp3) is 0.333. The van der Waals surface area contributed by atoms with Gasteiger partial charge in [-0.2, -0.15) is 0 Å². The number of hydrogen-bond acceptors (Lipinski definition) is 5. The van der Waals surface area contributed by atoms with Crippen LogP contribution in [0.3, 0.4) is 0 Å². The minimum Gasteiger partial charge on any atom is -0.385 e. The van der Waals surface area contributed by atoms with Gasteiger partial charge in [-0.3, -0.25) is 4.79 Å². The Hall–Kier alpha value is -2.50. The van der Waals surface area contributed by atoms with Crippen molar-refractivity contribution in [2.45, 2.75) is 13.3 Å². The molecule has 0 bridgehead atoms. The summed E-state index contributed by atoms with van der Waals surface area (Å²) in [7, 11) is 4.00. The largest absolute Gasteiger partial charge is 0.385 e. The number of anilines is 3. The molecular weight excluding hydrogens is 268 g/mol. The van der Waals surface area contributed by atoms with E-state index in [2.05, 4.69) is 15.8 Å². The van der Waals surface area contributed by atoms with Gasteiger partial charge in [0.15, 0.2) is 5.82 Å². The van der Waals surface area contributed by atoms with Crippen LogP contribution in [-0.4, -0.2) is 31.7 Å². The summed E-state index contributed by atoms with van der Waals surface area (Å²) in [6, 6.07) is 9.73. The molecule has 0 spiro atoms. The molecule has 1 aromatic heterocycles. The van der Waals surface area contributed by atoms with E-state index in [1.54, 1.807) is 13.0 Å². The minimum absolute atomic E-state index is 0.0966. The first-order chi connectivity index (χ1) is 10.0. The Morgan fingerprint density at radius 2 is 2.00 bits per heavy atom. The lowest BCUT2D eigenvalue weighted by Crippen LogP contribution is -2.16. The van der Waals surface area contributed by atoms with Gasteiger partial charge in [0.25, 0.3) is 0 Å². The molecule has 6 heteroatoms. The summed E-state index contributed by atoms with van der Waals surface area (Å²) >= 11 is 0. The molecule has 0 aliphatic heterocycles. The van der Waals surface area contributed by atoms with Crippen LogP contribution in [-0.2, 0) is 4.79 Å². The molecule has 6 nitrogen and oxygen atoms in total. The molecule has 0 saturated carbocycles. The molecule has 2 rings (SSSR count). The smallest absolute Gasteiger partial charge is 0.227 e. The molecule has 0 unspecified atom stereocenters. The number of aryl methyl sites for hydroxylation is 1. The monoisotopic (exact) mass is 288 g/mol.